The summed E-state index contributed by atoms with van der Waals surface area (Å²) in [5, 5.41) is 0. The van der Waals surface area contributed by atoms with Crippen LogP contribution in [0, 0.1) is 5.92 Å². The van der Waals surface area contributed by atoms with Gasteiger partial charge < -0.3 is 4.74 Å². The van der Waals surface area contributed by atoms with Crippen molar-refractivity contribution < 1.29 is 9.53 Å². The van der Waals surface area contributed by atoms with Crippen molar-refractivity contribution in [1.29, 1.82) is 0 Å². The Labute approximate surface area is 97.6 Å². The van der Waals surface area contributed by atoms with Crippen LogP contribution in [0.4, 0.5) is 0 Å². The first-order chi connectivity index (χ1) is 7.61. The highest BCUT2D eigenvalue weighted by Crippen LogP contribution is 2.33. The average molecular weight is 220 g/mol. The fourth-order valence-corrected chi connectivity index (χ4v) is 2.05. The van der Waals surface area contributed by atoms with Crippen LogP contribution in [-0.4, -0.2) is 12.9 Å². The molecule has 1 aromatic carbocycles. The van der Waals surface area contributed by atoms with Crippen molar-refractivity contribution in [2.45, 2.75) is 33.1 Å². The molecule has 0 heterocycles. The second kappa shape index (κ2) is 5.69. The zero-order chi connectivity index (χ0) is 12.1. The molecule has 1 unspecified atom stereocenters. The topological polar surface area (TPSA) is 26.3 Å². The standard InChI is InChI=1S/C14H20O2/c1-5-12(15)14(10(2)3)11-8-6-7-9-13(11)16-4/h6-10,14H,5H2,1-4H3. The van der Waals surface area contributed by atoms with Crippen LogP contribution in [0.1, 0.15) is 38.7 Å². The molecule has 0 aliphatic rings. The predicted octanol–water partition coefficient (Wildman–Crippen LogP) is 3.41. The van der Waals surface area contributed by atoms with E-state index >= 15 is 0 Å². The normalized spacial score (nSPS) is 12.6. The Hall–Kier alpha value is -1.31. The fraction of sp³-hybridized carbons (Fsp3) is 0.500. The maximum atomic E-state index is 12.0. The molecule has 0 aliphatic carbocycles. The summed E-state index contributed by atoms with van der Waals surface area (Å²) in [5.41, 5.74) is 1.01. The molecule has 0 saturated heterocycles. The number of carbonyl (C=O) groups excluding carboxylic acids is 1. The molecule has 0 N–H and O–H groups in total. The number of Topliss-reactive ketones (excluding diaryl/α,β-unsaturated/α-hetero) is 1. The first-order valence-corrected chi connectivity index (χ1v) is 5.77. The lowest BCUT2D eigenvalue weighted by Gasteiger charge is -2.21. The van der Waals surface area contributed by atoms with Crippen molar-refractivity contribution in [3.63, 3.8) is 0 Å². The number of rotatable bonds is 5. The Balaban J connectivity index is 3.15. The van der Waals surface area contributed by atoms with Gasteiger partial charge in [0.25, 0.3) is 0 Å². The van der Waals surface area contributed by atoms with Crippen LogP contribution in [0.5, 0.6) is 5.75 Å². The third kappa shape index (κ3) is 2.63. The van der Waals surface area contributed by atoms with E-state index in [1.165, 1.54) is 0 Å². The van der Waals surface area contributed by atoms with Crippen molar-refractivity contribution in [1.82, 2.24) is 0 Å². The smallest absolute Gasteiger partial charge is 0.140 e. The fourth-order valence-electron chi connectivity index (χ4n) is 2.05. The third-order valence-electron chi connectivity index (χ3n) is 2.84. The summed E-state index contributed by atoms with van der Waals surface area (Å²) >= 11 is 0. The summed E-state index contributed by atoms with van der Waals surface area (Å²) in [6.07, 6.45) is 0.570. The number of ketones is 1. The molecule has 88 valence electrons. The molecule has 16 heavy (non-hydrogen) atoms. The van der Waals surface area contributed by atoms with Gasteiger partial charge in [0, 0.05) is 17.9 Å². The van der Waals surface area contributed by atoms with Crippen LogP contribution in [0.3, 0.4) is 0 Å². The van der Waals surface area contributed by atoms with E-state index in [9.17, 15) is 4.79 Å². The molecule has 0 saturated carbocycles. The van der Waals surface area contributed by atoms with Crippen LogP contribution >= 0.6 is 0 Å². The zero-order valence-electron chi connectivity index (χ0n) is 10.5. The second-order valence-electron chi connectivity index (χ2n) is 4.28. The Kier molecular flexibility index (Phi) is 4.53. The lowest BCUT2D eigenvalue weighted by molar-refractivity contribution is -0.121. The summed E-state index contributed by atoms with van der Waals surface area (Å²) in [6.45, 7) is 6.06. The Morgan fingerprint density at radius 1 is 1.31 bits per heavy atom. The molecule has 0 amide bonds. The molecule has 2 nitrogen and oxygen atoms in total. The molecule has 0 fully saturated rings. The molecule has 1 rings (SSSR count). The SMILES string of the molecule is CCC(=O)C(c1ccccc1OC)C(C)C. The molecule has 0 bridgehead atoms. The number of hydrogen-bond donors (Lipinski definition) is 0. The van der Waals surface area contributed by atoms with Gasteiger partial charge in [0.15, 0.2) is 0 Å². The van der Waals surface area contributed by atoms with Crippen molar-refractivity contribution in [3.05, 3.63) is 29.8 Å². The molecule has 1 aromatic rings. The van der Waals surface area contributed by atoms with E-state index in [1.807, 2.05) is 31.2 Å². The van der Waals surface area contributed by atoms with Crippen molar-refractivity contribution in [2.24, 2.45) is 5.92 Å². The Morgan fingerprint density at radius 2 is 1.94 bits per heavy atom. The minimum Gasteiger partial charge on any atom is -0.496 e. The minimum absolute atomic E-state index is 0.0545. The molecule has 0 aliphatic heterocycles. The van der Waals surface area contributed by atoms with Gasteiger partial charge in [0.05, 0.1) is 7.11 Å². The van der Waals surface area contributed by atoms with Gasteiger partial charge in [0.2, 0.25) is 0 Å². The van der Waals surface area contributed by atoms with E-state index in [0.717, 1.165) is 11.3 Å². The lowest BCUT2D eigenvalue weighted by Crippen LogP contribution is -2.18. The van der Waals surface area contributed by atoms with E-state index < -0.39 is 0 Å². The van der Waals surface area contributed by atoms with Gasteiger partial charge in [-0.25, -0.2) is 0 Å². The summed E-state index contributed by atoms with van der Waals surface area (Å²) in [7, 11) is 1.65. The minimum atomic E-state index is -0.0545. The van der Waals surface area contributed by atoms with Crippen LogP contribution in [-0.2, 0) is 4.79 Å². The molecule has 0 radical (unpaired) electrons. The van der Waals surface area contributed by atoms with Crippen LogP contribution in [0.25, 0.3) is 0 Å². The number of carbonyl (C=O) groups is 1. The van der Waals surface area contributed by atoms with Gasteiger partial charge in [0.1, 0.15) is 11.5 Å². The molecular weight excluding hydrogens is 200 g/mol. The number of hydrogen-bond acceptors (Lipinski definition) is 2. The van der Waals surface area contributed by atoms with Crippen LogP contribution in [0.15, 0.2) is 24.3 Å². The summed E-state index contributed by atoms with van der Waals surface area (Å²) in [4.78, 5) is 12.0. The van der Waals surface area contributed by atoms with Gasteiger partial charge in [-0.05, 0) is 12.0 Å². The van der Waals surface area contributed by atoms with E-state index in [4.69, 9.17) is 4.74 Å². The quantitative estimate of drug-likeness (QED) is 0.760. The number of ether oxygens (including phenoxy) is 1. The highest BCUT2D eigenvalue weighted by molar-refractivity contribution is 5.86. The maximum Gasteiger partial charge on any atom is 0.140 e. The van der Waals surface area contributed by atoms with Gasteiger partial charge in [-0.15, -0.1) is 0 Å². The molecule has 0 aromatic heterocycles. The molecule has 1 atom stereocenters. The molecule has 0 spiro atoms. The average Bonchev–Trinajstić information content (AvgIpc) is 2.29. The van der Waals surface area contributed by atoms with Gasteiger partial charge in [-0.2, -0.15) is 0 Å². The number of benzene rings is 1. The Morgan fingerprint density at radius 3 is 2.44 bits per heavy atom. The van der Waals surface area contributed by atoms with Gasteiger partial charge >= 0.3 is 0 Å². The lowest BCUT2D eigenvalue weighted by atomic mass is 9.83. The first kappa shape index (κ1) is 12.8. The Bertz CT molecular complexity index is 356. The largest absolute Gasteiger partial charge is 0.496 e. The van der Waals surface area contributed by atoms with Gasteiger partial charge in [-0.1, -0.05) is 39.0 Å². The zero-order valence-corrected chi connectivity index (χ0v) is 10.5. The van der Waals surface area contributed by atoms with E-state index in [1.54, 1.807) is 7.11 Å². The summed E-state index contributed by atoms with van der Waals surface area (Å²) in [6, 6.07) is 7.77. The van der Waals surface area contributed by atoms with Crippen LogP contribution < -0.4 is 4.74 Å². The predicted molar refractivity (Wildman–Crippen MR) is 65.9 cm³/mol. The number of para-hydroxylation sites is 1. The van der Waals surface area contributed by atoms with Gasteiger partial charge in [-0.3, -0.25) is 4.79 Å². The number of methoxy groups -OCH3 is 1. The van der Waals surface area contributed by atoms with E-state index in [0.29, 0.717) is 12.3 Å². The monoisotopic (exact) mass is 220 g/mol. The van der Waals surface area contributed by atoms with Crippen molar-refractivity contribution in [2.75, 3.05) is 7.11 Å². The van der Waals surface area contributed by atoms with Crippen molar-refractivity contribution in [3.8, 4) is 5.75 Å². The third-order valence-corrected chi connectivity index (χ3v) is 2.84. The second-order valence-corrected chi connectivity index (χ2v) is 4.28. The van der Waals surface area contributed by atoms with E-state index in [-0.39, 0.29) is 11.7 Å². The van der Waals surface area contributed by atoms with Crippen LogP contribution in [0.2, 0.25) is 0 Å². The highest BCUT2D eigenvalue weighted by Gasteiger charge is 2.25. The first-order valence-electron chi connectivity index (χ1n) is 5.77. The molecule has 2 heteroatoms. The van der Waals surface area contributed by atoms with Crippen molar-refractivity contribution >= 4 is 5.78 Å². The maximum absolute atomic E-state index is 12.0. The molecular formula is C14H20O2. The summed E-state index contributed by atoms with van der Waals surface area (Å²) < 4.78 is 5.32. The summed E-state index contributed by atoms with van der Waals surface area (Å²) in [5.74, 6) is 1.33. The van der Waals surface area contributed by atoms with E-state index in [2.05, 4.69) is 13.8 Å². The highest BCUT2D eigenvalue weighted by atomic mass is 16.5.